The number of nitrogens with zero attached hydrogens (tertiary/aromatic N) is 3. The van der Waals surface area contributed by atoms with Crippen LogP contribution in [0.3, 0.4) is 0 Å². The zero-order chi connectivity index (χ0) is 17.6. The van der Waals surface area contributed by atoms with Crippen LogP contribution in [0.2, 0.25) is 10.0 Å². The van der Waals surface area contributed by atoms with Gasteiger partial charge in [0.25, 0.3) is 0 Å². The van der Waals surface area contributed by atoms with E-state index in [-0.39, 0.29) is 11.8 Å². The fraction of sp³-hybridized carbons (Fsp3) is 0.118. The van der Waals surface area contributed by atoms with Crippen molar-refractivity contribution < 1.29 is 4.39 Å². The number of nitrogens with one attached hydrogen (secondary N) is 2. The fourth-order valence-electron chi connectivity index (χ4n) is 2.19. The number of rotatable bonds is 6. The van der Waals surface area contributed by atoms with Crippen LogP contribution >= 0.6 is 23.2 Å². The molecule has 2 N–H and O–H groups in total. The van der Waals surface area contributed by atoms with Gasteiger partial charge >= 0.3 is 0 Å². The van der Waals surface area contributed by atoms with Crippen LogP contribution in [-0.2, 0) is 6.42 Å². The highest BCUT2D eigenvalue weighted by Gasteiger charge is 2.07. The smallest absolute Gasteiger partial charge is 0.249 e. The monoisotopic (exact) mass is 377 g/mol. The lowest BCUT2D eigenvalue weighted by Crippen LogP contribution is -2.09. The van der Waals surface area contributed by atoms with Gasteiger partial charge in [-0.1, -0.05) is 47.5 Å². The van der Waals surface area contributed by atoms with E-state index in [1.165, 1.54) is 12.3 Å². The zero-order valence-corrected chi connectivity index (χ0v) is 14.5. The first-order valence-corrected chi connectivity index (χ1v) is 8.27. The average Bonchev–Trinajstić information content (AvgIpc) is 2.61. The number of aromatic nitrogens is 3. The van der Waals surface area contributed by atoms with Crippen LogP contribution in [-0.4, -0.2) is 21.7 Å². The van der Waals surface area contributed by atoms with E-state index < -0.39 is 0 Å². The molecule has 1 heterocycles. The van der Waals surface area contributed by atoms with E-state index in [4.69, 9.17) is 23.2 Å². The summed E-state index contributed by atoms with van der Waals surface area (Å²) in [6.45, 7) is 0.511. The molecule has 0 aliphatic heterocycles. The number of hydrogen-bond acceptors (Lipinski definition) is 5. The van der Waals surface area contributed by atoms with E-state index in [9.17, 15) is 4.39 Å². The summed E-state index contributed by atoms with van der Waals surface area (Å²) in [6, 6.07) is 11.9. The SMILES string of the molecule is Fc1ccccc1CCNc1cnnc(Nc2cccc(Cl)c2Cl)n1. The Kier molecular flexibility index (Phi) is 5.63. The Morgan fingerprint density at radius 3 is 2.72 bits per heavy atom. The average molecular weight is 378 g/mol. The molecule has 0 aliphatic carbocycles. The highest BCUT2D eigenvalue weighted by Crippen LogP contribution is 2.30. The molecule has 0 fully saturated rings. The predicted octanol–water partition coefficient (Wildman–Crippen LogP) is 4.72. The van der Waals surface area contributed by atoms with Crippen LogP contribution in [0, 0.1) is 5.82 Å². The second-order valence-electron chi connectivity index (χ2n) is 5.16. The molecule has 128 valence electrons. The number of halogens is 3. The molecule has 1 aromatic heterocycles. The summed E-state index contributed by atoms with van der Waals surface area (Å²) in [5.74, 6) is 0.579. The quantitative estimate of drug-likeness (QED) is 0.650. The minimum Gasteiger partial charge on any atom is -0.368 e. The molecule has 0 radical (unpaired) electrons. The van der Waals surface area contributed by atoms with Gasteiger partial charge in [-0.25, -0.2) is 4.39 Å². The summed E-state index contributed by atoms with van der Waals surface area (Å²) in [7, 11) is 0. The van der Waals surface area contributed by atoms with Crippen molar-refractivity contribution >= 4 is 40.7 Å². The largest absolute Gasteiger partial charge is 0.368 e. The molecule has 0 unspecified atom stereocenters. The summed E-state index contributed by atoms with van der Waals surface area (Å²) in [5.41, 5.74) is 1.22. The lowest BCUT2D eigenvalue weighted by atomic mass is 10.1. The number of benzene rings is 2. The van der Waals surface area contributed by atoms with Crippen LogP contribution in [0.15, 0.2) is 48.7 Å². The molecule has 0 saturated carbocycles. The molecule has 0 spiro atoms. The van der Waals surface area contributed by atoms with Gasteiger partial charge < -0.3 is 10.6 Å². The van der Waals surface area contributed by atoms with Gasteiger partial charge in [0.05, 0.1) is 21.9 Å². The summed E-state index contributed by atoms with van der Waals surface area (Å²) in [5, 5.41) is 14.7. The van der Waals surface area contributed by atoms with Crippen molar-refractivity contribution in [2.75, 3.05) is 17.2 Å². The second kappa shape index (κ2) is 8.09. The molecule has 0 bridgehead atoms. The molecule has 25 heavy (non-hydrogen) atoms. The molecule has 8 heteroatoms. The summed E-state index contributed by atoms with van der Waals surface area (Å²) in [6.07, 6.45) is 2.02. The topological polar surface area (TPSA) is 62.7 Å². The van der Waals surface area contributed by atoms with Crippen molar-refractivity contribution in [3.05, 3.63) is 70.1 Å². The summed E-state index contributed by atoms with van der Waals surface area (Å²) in [4.78, 5) is 4.30. The van der Waals surface area contributed by atoms with Gasteiger partial charge in [-0.3, -0.25) is 0 Å². The molecule has 3 rings (SSSR count). The van der Waals surface area contributed by atoms with E-state index in [2.05, 4.69) is 25.8 Å². The number of anilines is 3. The Morgan fingerprint density at radius 1 is 1.04 bits per heavy atom. The third-order valence-corrected chi connectivity index (χ3v) is 4.23. The summed E-state index contributed by atoms with van der Waals surface area (Å²) >= 11 is 12.1. The van der Waals surface area contributed by atoms with Gasteiger partial charge in [-0.05, 0) is 30.2 Å². The molecule has 0 amide bonds. The Balaban J connectivity index is 1.63. The van der Waals surface area contributed by atoms with Crippen molar-refractivity contribution in [2.24, 2.45) is 0 Å². The van der Waals surface area contributed by atoms with Gasteiger partial charge in [0.2, 0.25) is 5.95 Å². The van der Waals surface area contributed by atoms with Crippen LogP contribution < -0.4 is 10.6 Å². The molecule has 2 aromatic carbocycles. The molecule has 0 atom stereocenters. The van der Waals surface area contributed by atoms with Crippen molar-refractivity contribution in [1.82, 2.24) is 15.2 Å². The van der Waals surface area contributed by atoms with E-state index >= 15 is 0 Å². The minimum absolute atomic E-state index is 0.219. The lowest BCUT2D eigenvalue weighted by Gasteiger charge is -2.09. The molecule has 5 nitrogen and oxygen atoms in total. The Hall–Kier alpha value is -2.44. The standard InChI is InChI=1S/C17H14Cl2FN5/c18-12-5-3-7-14(16(12)19)23-17-24-15(10-22-25-17)21-9-8-11-4-1-2-6-13(11)20/h1-7,10H,8-9H2,(H2,21,23,24,25). The maximum atomic E-state index is 13.6. The van der Waals surface area contributed by atoms with E-state index in [0.717, 1.165) is 0 Å². The first kappa shape index (κ1) is 17.4. The number of hydrogen-bond donors (Lipinski definition) is 2. The maximum absolute atomic E-state index is 13.6. The molecular formula is C17H14Cl2FN5. The molecule has 0 aliphatic rings. The van der Waals surface area contributed by atoms with Gasteiger partial charge in [0.1, 0.15) is 5.82 Å². The van der Waals surface area contributed by atoms with E-state index in [1.54, 1.807) is 36.4 Å². The van der Waals surface area contributed by atoms with Crippen molar-refractivity contribution in [1.29, 1.82) is 0 Å². The van der Waals surface area contributed by atoms with Crippen molar-refractivity contribution in [2.45, 2.75) is 6.42 Å². The van der Waals surface area contributed by atoms with Gasteiger partial charge in [0, 0.05) is 6.54 Å². The maximum Gasteiger partial charge on any atom is 0.249 e. The predicted molar refractivity (Wildman–Crippen MR) is 98.2 cm³/mol. The van der Waals surface area contributed by atoms with Crippen molar-refractivity contribution in [3.63, 3.8) is 0 Å². The molecule has 0 saturated heterocycles. The highest BCUT2D eigenvalue weighted by atomic mass is 35.5. The van der Waals surface area contributed by atoms with Crippen LogP contribution in [0.25, 0.3) is 0 Å². The molecular weight excluding hydrogens is 364 g/mol. The Labute approximate surface area is 154 Å². The third-order valence-electron chi connectivity index (χ3n) is 3.42. The van der Waals surface area contributed by atoms with Gasteiger partial charge in [-0.15, -0.1) is 5.10 Å². The fourth-order valence-corrected chi connectivity index (χ4v) is 2.54. The second-order valence-corrected chi connectivity index (χ2v) is 5.94. The Bertz CT molecular complexity index is 875. The lowest BCUT2D eigenvalue weighted by molar-refractivity contribution is 0.610. The minimum atomic E-state index is -0.219. The van der Waals surface area contributed by atoms with E-state index in [1.807, 2.05) is 0 Å². The first-order chi connectivity index (χ1) is 12.1. The van der Waals surface area contributed by atoms with Crippen molar-refractivity contribution in [3.8, 4) is 0 Å². The molecule has 3 aromatic rings. The Morgan fingerprint density at radius 2 is 1.88 bits per heavy atom. The van der Waals surface area contributed by atoms with Crippen LogP contribution in [0.5, 0.6) is 0 Å². The summed E-state index contributed by atoms with van der Waals surface area (Å²) < 4.78 is 13.6. The highest BCUT2D eigenvalue weighted by molar-refractivity contribution is 6.43. The van der Waals surface area contributed by atoms with Gasteiger partial charge in [0.15, 0.2) is 5.82 Å². The third kappa shape index (κ3) is 4.55. The van der Waals surface area contributed by atoms with Crippen LogP contribution in [0.4, 0.5) is 21.8 Å². The van der Waals surface area contributed by atoms with Gasteiger partial charge in [-0.2, -0.15) is 10.1 Å². The normalized spacial score (nSPS) is 10.5. The van der Waals surface area contributed by atoms with Crippen LogP contribution in [0.1, 0.15) is 5.56 Å². The van der Waals surface area contributed by atoms with E-state index in [0.29, 0.717) is 40.1 Å². The first-order valence-electron chi connectivity index (χ1n) is 7.51. The zero-order valence-electron chi connectivity index (χ0n) is 13.0.